The summed E-state index contributed by atoms with van der Waals surface area (Å²) >= 11 is 12.4. The molecule has 160 valence electrons. The van der Waals surface area contributed by atoms with Crippen LogP contribution in [0.4, 0.5) is 15.8 Å². The van der Waals surface area contributed by atoms with Crippen molar-refractivity contribution in [1.29, 1.82) is 0 Å². The van der Waals surface area contributed by atoms with Crippen molar-refractivity contribution in [2.45, 2.75) is 0 Å². The molecule has 0 heterocycles. The van der Waals surface area contributed by atoms with Gasteiger partial charge in [0.15, 0.2) is 0 Å². The zero-order valence-electron chi connectivity index (χ0n) is 17.1. The number of hydrogen-bond donors (Lipinski definition) is 1. The van der Waals surface area contributed by atoms with Crippen LogP contribution in [0.15, 0.2) is 54.6 Å². The largest absolute Gasteiger partial charge is 0.376 e. The highest BCUT2D eigenvalue weighted by atomic mass is 35.5. The second kappa shape index (κ2) is 8.96. The van der Waals surface area contributed by atoms with Crippen molar-refractivity contribution in [3.05, 3.63) is 81.6 Å². The number of benzene rings is 3. The highest BCUT2D eigenvalue weighted by molar-refractivity contribution is 6.34. The molecule has 31 heavy (non-hydrogen) atoms. The standard InChI is InChI=1S/C23H20Cl2FN3O2/c1-28(2)20-12-13(15-11-14(22(27)30)7-9-16(15)24)8-10-19(20)29(3)23(31)21-17(25)5-4-6-18(21)26/h4-12H,1-3H3,(H2,27,30). The molecule has 0 aliphatic rings. The number of carbonyl (C=O) groups excluding carboxylic acids is 2. The van der Waals surface area contributed by atoms with E-state index in [-0.39, 0.29) is 10.6 Å². The van der Waals surface area contributed by atoms with Crippen LogP contribution in [0, 0.1) is 5.82 Å². The van der Waals surface area contributed by atoms with Crippen LogP contribution >= 0.6 is 23.2 Å². The summed E-state index contributed by atoms with van der Waals surface area (Å²) in [5.41, 5.74) is 8.10. The molecule has 0 bridgehead atoms. The van der Waals surface area contributed by atoms with Gasteiger partial charge in [-0.25, -0.2) is 4.39 Å². The molecule has 0 radical (unpaired) electrons. The third-order valence-corrected chi connectivity index (χ3v) is 5.51. The summed E-state index contributed by atoms with van der Waals surface area (Å²) in [6, 6.07) is 14.2. The topological polar surface area (TPSA) is 66.6 Å². The predicted octanol–water partition coefficient (Wildman–Crippen LogP) is 5.24. The van der Waals surface area contributed by atoms with Crippen LogP contribution in [-0.4, -0.2) is 33.0 Å². The van der Waals surface area contributed by atoms with Crippen molar-refractivity contribution in [2.75, 3.05) is 30.9 Å². The lowest BCUT2D eigenvalue weighted by molar-refractivity contribution is 0.0985. The van der Waals surface area contributed by atoms with E-state index >= 15 is 0 Å². The molecule has 0 fully saturated rings. The van der Waals surface area contributed by atoms with Crippen LogP contribution in [-0.2, 0) is 0 Å². The Morgan fingerprint density at radius 1 is 0.903 bits per heavy atom. The highest BCUT2D eigenvalue weighted by Crippen LogP contribution is 2.37. The molecule has 3 rings (SSSR count). The fourth-order valence-corrected chi connectivity index (χ4v) is 3.68. The first-order chi connectivity index (χ1) is 14.6. The molecule has 0 spiro atoms. The first-order valence-corrected chi connectivity index (χ1v) is 10.0. The Labute approximate surface area is 189 Å². The van der Waals surface area contributed by atoms with Crippen molar-refractivity contribution in [1.82, 2.24) is 0 Å². The van der Waals surface area contributed by atoms with Gasteiger partial charge >= 0.3 is 0 Å². The van der Waals surface area contributed by atoms with E-state index in [9.17, 15) is 14.0 Å². The van der Waals surface area contributed by atoms with Crippen molar-refractivity contribution in [2.24, 2.45) is 5.73 Å². The van der Waals surface area contributed by atoms with Crippen LogP contribution in [0.5, 0.6) is 0 Å². The van der Waals surface area contributed by atoms with Crippen molar-refractivity contribution < 1.29 is 14.0 Å². The molecule has 2 N–H and O–H groups in total. The number of primary amides is 1. The van der Waals surface area contributed by atoms with Gasteiger partial charge in [0.05, 0.1) is 22.0 Å². The molecule has 2 amide bonds. The third kappa shape index (κ3) is 4.50. The van der Waals surface area contributed by atoms with Gasteiger partial charge in [0, 0.05) is 37.3 Å². The number of carbonyl (C=O) groups is 2. The normalized spacial score (nSPS) is 10.6. The number of nitrogens with zero attached hydrogens (tertiary/aromatic N) is 2. The van der Waals surface area contributed by atoms with Crippen LogP contribution in [0.25, 0.3) is 11.1 Å². The van der Waals surface area contributed by atoms with Crippen molar-refractivity contribution in [3.8, 4) is 11.1 Å². The number of nitrogens with two attached hydrogens (primary N) is 1. The lowest BCUT2D eigenvalue weighted by Gasteiger charge is -2.26. The molecule has 3 aromatic rings. The summed E-state index contributed by atoms with van der Waals surface area (Å²) in [6.07, 6.45) is 0. The van der Waals surface area contributed by atoms with E-state index in [1.165, 1.54) is 23.1 Å². The Balaban J connectivity index is 2.09. The summed E-state index contributed by atoms with van der Waals surface area (Å²) < 4.78 is 14.3. The van der Waals surface area contributed by atoms with E-state index in [0.717, 1.165) is 5.56 Å². The number of halogens is 3. The molecule has 0 aliphatic heterocycles. The lowest BCUT2D eigenvalue weighted by atomic mass is 10.0. The first kappa shape index (κ1) is 22.6. The van der Waals surface area contributed by atoms with Crippen LogP contribution in [0.2, 0.25) is 10.0 Å². The van der Waals surface area contributed by atoms with E-state index in [4.69, 9.17) is 28.9 Å². The van der Waals surface area contributed by atoms with Gasteiger partial charge in [-0.3, -0.25) is 9.59 Å². The third-order valence-electron chi connectivity index (χ3n) is 4.86. The molecule has 0 saturated heterocycles. The van der Waals surface area contributed by atoms with Gasteiger partial charge in [0.2, 0.25) is 5.91 Å². The molecule has 0 saturated carbocycles. The van der Waals surface area contributed by atoms with Gasteiger partial charge in [-0.1, -0.05) is 35.3 Å². The van der Waals surface area contributed by atoms with Gasteiger partial charge in [-0.15, -0.1) is 0 Å². The number of amides is 2. The van der Waals surface area contributed by atoms with E-state index in [1.54, 1.807) is 37.4 Å². The van der Waals surface area contributed by atoms with Gasteiger partial charge in [-0.05, 0) is 48.0 Å². The minimum absolute atomic E-state index is 0.0370. The predicted molar refractivity (Wildman–Crippen MR) is 124 cm³/mol. The Morgan fingerprint density at radius 3 is 2.23 bits per heavy atom. The quantitative estimate of drug-likeness (QED) is 0.566. The van der Waals surface area contributed by atoms with E-state index in [1.807, 2.05) is 25.1 Å². The fraction of sp³-hybridized carbons (Fsp3) is 0.130. The fourth-order valence-electron chi connectivity index (χ4n) is 3.21. The molecule has 5 nitrogen and oxygen atoms in total. The van der Waals surface area contributed by atoms with Crippen LogP contribution in [0.1, 0.15) is 20.7 Å². The van der Waals surface area contributed by atoms with Crippen molar-refractivity contribution >= 4 is 46.4 Å². The summed E-state index contributed by atoms with van der Waals surface area (Å²) in [5.74, 6) is -1.83. The molecule has 0 unspecified atom stereocenters. The summed E-state index contributed by atoms with van der Waals surface area (Å²) in [7, 11) is 5.19. The summed E-state index contributed by atoms with van der Waals surface area (Å²) in [5, 5.41) is 0.486. The lowest BCUT2D eigenvalue weighted by Crippen LogP contribution is -2.29. The minimum Gasteiger partial charge on any atom is -0.376 e. The number of hydrogen-bond acceptors (Lipinski definition) is 3. The maximum Gasteiger partial charge on any atom is 0.262 e. The smallest absolute Gasteiger partial charge is 0.262 e. The SMILES string of the molecule is CN(C)c1cc(-c2cc(C(N)=O)ccc2Cl)ccc1N(C)C(=O)c1c(F)cccc1Cl. The van der Waals surface area contributed by atoms with E-state index in [0.29, 0.717) is 27.5 Å². The maximum atomic E-state index is 14.3. The summed E-state index contributed by atoms with van der Waals surface area (Å²) in [4.78, 5) is 27.7. The van der Waals surface area contributed by atoms with E-state index in [2.05, 4.69) is 0 Å². The monoisotopic (exact) mass is 459 g/mol. The molecular formula is C23H20Cl2FN3O2. The highest BCUT2D eigenvalue weighted by Gasteiger charge is 2.23. The maximum absolute atomic E-state index is 14.3. The molecule has 8 heteroatoms. The average molecular weight is 460 g/mol. The second-order valence-corrected chi connectivity index (χ2v) is 7.93. The molecule has 0 aliphatic carbocycles. The Hall–Kier alpha value is -3.09. The zero-order chi connectivity index (χ0) is 22.9. The van der Waals surface area contributed by atoms with Gasteiger partial charge in [0.1, 0.15) is 5.82 Å². The second-order valence-electron chi connectivity index (χ2n) is 7.12. The minimum atomic E-state index is -0.692. The Kier molecular flexibility index (Phi) is 6.53. The molecule has 0 aromatic heterocycles. The average Bonchev–Trinajstić information content (AvgIpc) is 2.72. The van der Waals surface area contributed by atoms with Gasteiger partial charge < -0.3 is 15.5 Å². The van der Waals surface area contributed by atoms with Crippen LogP contribution in [0.3, 0.4) is 0 Å². The first-order valence-electron chi connectivity index (χ1n) is 9.25. The van der Waals surface area contributed by atoms with E-state index < -0.39 is 17.6 Å². The Bertz CT molecular complexity index is 1160. The number of anilines is 2. The summed E-state index contributed by atoms with van der Waals surface area (Å²) in [6.45, 7) is 0. The Morgan fingerprint density at radius 2 is 1.61 bits per heavy atom. The van der Waals surface area contributed by atoms with Gasteiger partial charge in [0.25, 0.3) is 5.91 Å². The van der Waals surface area contributed by atoms with Gasteiger partial charge in [-0.2, -0.15) is 0 Å². The zero-order valence-corrected chi connectivity index (χ0v) is 18.6. The molecular weight excluding hydrogens is 440 g/mol. The molecule has 0 atom stereocenters. The number of rotatable bonds is 5. The molecule has 3 aromatic carbocycles. The van der Waals surface area contributed by atoms with Crippen LogP contribution < -0.4 is 15.5 Å². The van der Waals surface area contributed by atoms with Crippen molar-refractivity contribution in [3.63, 3.8) is 0 Å².